The van der Waals surface area contributed by atoms with Crippen LogP contribution in [0.15, 0.2) is 17.0 Å². The molecular weight excluding hydrogens is 329 g/mol. The smallest absolute Gasteiger partial charge is 0.434 e. The van der Waals surface area contributed by atoms with Gasteiger partial charge in [-0.2, -0.15) is 0 Å². The van der Waals surface area contributed by atoms with Crippen LogP contribution >= 0.6 is 11.8 Å². The van der Waals surface area contributed by atoms with Crippen molar-refractivity contribution in [1.82, 2.24) is 4.90 Å². The molecule has 0 radical (unpaired) electrons. The summed E-state index contributed by atoms with van der Waals surface area (Å²) in [4.78, 5) is 14.8. The molecule has 2 heterocycles. The first-order chi connectivity index (χ1) is 11.5. The summed E-state index contributed by atoms with van der Waals surface area (Å²) in [5.41, 5.74) is 0.862. The topological polar surface area (TPSA) is 90.2 Å². The summed E-state index contributed by atoms with van der Waals surface area (Å²) in [6.07, 6.45) is 3.11. The van der Waals surface area contributed by atoms with Crippen molar-refractivity contribution < 1.29 is 24.6 Å². The van der Waals surface area contributed by atoms with Crippen molar-refractivity contribution in [1.29, 1.82) is 0 Å². The van der Waals surface area contributed by atoms with Crippen molar-refractivity contribution in [2.75, 3.05) is 25.4 Å². The molecule has 3 N–H and O–H groups in total. The number of carbonyl (C=O) groups is 1. The van der Waals surface area contributed by atoms with E-state index in [2.05, 4.69) is 4.90 Å². The van der Waals surface area contributed by atoms with Gasteiger partial charge in [0.2, 0.25) is 0 Å². The molecule has 24 heavy (non-hydrogen) atoms. The van der Waals surface area contributed by atoms with E-state index in [0.717, 1.165) is 31.0 Å². The van der Waals surface area contributed by atoms with Crippen LogP contribution in [0.4, 0.5) is 0 Å². The molecule has 1 saturated carbocycles. The van der Waals surface area contributed by atoms with Crippen LogP contribution in [-0.2, 0) is 0 Å². The molecule has 0 amide bonds. The fourth-order valence-electron chi connectivity index (χ4n) is 3.93. The molecule has 1 aliphatic carbocycles. The Morgan fingerprint density at radius 3 is 2.79 bits per heavy atom. The van der Waals surface area contributed by atoms with E-state index in [1.54, 1.807) is 0 Å². The van der Waals surface area contributed by atoms with Gasteiger partial charge in [0.15, 0.2) is 0 Å². The van der Waals surface area contributed by atoms with Crippen molar-refractivity contribution in [3.05, 3.63) is 23.3 Å². The molecule has 130 valence electrons. The van der Waals surface area contributed by atoms with Crippen molar-refractivity contribution in [3.8, 4) is 5.75 Å². The maximum Gasteiger partial charge on any atom is 0.434 e. The highest BCUT2D eigenvalue weighted by atomic mass is 32.2. The number of hydrogen-bond acceptors (Lipinski definition) is 6. The molecule has 2 fully saturated rings. The first kappa shape index (κ1) is 16.3. The fraction of sp³-hybridized carbons (Fsp3) is 0.562. The van der Waals surface area contributed by atoms with Gasteiger partial charge in [0.25, 0.3) is 0 Å². The second-order valence-corrected chi connectivity index (χ2v) is 8.08. The van der Waals surface area contributed by atoms with Crippen LogP contribution in [0.25, 0.3) is 0 Å². The van der Waals surface area contributed by atoms with Crippen molar-refractivity contribution in [3.63, 3.8) is 0 Å². The molecule has 0 unspecified atom stereocenters. The van der Waals surface area contributed by atoms with Crippen LogP contribution in [0.2, 0.25) is 5.82 Å². The average Bonchev–Trinajstić information content (AvgIpc) is 3.17. The normalized spacial score (nSPS) is 27.2. The lowest BCUT2D eigenvalue weighted by atomic mass is 9.68. The zero-order chi connectivity index (χ0) is 16.9. The first-order valence-corrected chi connectivity index (χ1v) is 9.49. The minimum atomic E-state index is -2.96. The van der Waals surface area contributed by atoms with Crippen molar-refractivity contribution >= 4 is 24.5 Å². The minimum Gasteiger partial charge on any atom is -0.669 e. The van der Waals surface area contributed by atoms with E-state index < -0.39 is 12.7 Å². The number of fused-ring (bicyclic) bond motifs is 3. The molecule has 2 atom stereocenters. The number of carboxylic acids is 1. The van der Waals surface area contributed by atoms with E-state index in [9.17, 15) is 19.9 Å². The van der Waals surface area contributed by atoms with Crippen LogP contribution < -0.4 is 4.65 Å². The highest BCUT2D eigenvalue weighted by Crippen LogP contribution is 2.63. The third-order valence-corrected chi connectivity index (χ3v) is 6.35. The zero-order valence-corrected chi connectivity index (χ0v) is 14.2. The maximum atomic E-state index is 11.8. The van der Waals surface area contributed by atoms with Gasteiger partial charge in [0.1, 0.15) is 5.56 Å². The quantitative estimate of drug-likeness (QED) is 0.551. The Hall–Kier alpha value is -1.22. The van der Waals surface area contributed by atoms with Gasteiger partial charge >= 0.3 is 12.7 Å². The highest BCUT2D eigenvalue weighted by molar-refractivity contribution is 7.99. The number of nitrogens with zero attached hydrogens (tertiary/aromatic N) is 1. The monoisotopic (exact) mass is 350 g/mol. The van der Waals surface area contributed by atoms with E-state index >= 15 is 0 Å². The Bertz CT molecular complexity index is 677. The van der Waals surface area contributed by atoms with Gasteiger partial charge in [-0.25, -0.2) is 4.79 Å². The average molecular weight is 350 g/mol. The van der Waals surface area contributed by atoms with Crippen LogP contribution in [0.1, 0.15) is 41.1 Å². The van der Waals surface area contributed by atoms with Crippen LogP contribution in [0.5, 0.6) is 5.75 Å². The van der Waals surface area contributed by atoms with E-state index in [1.165, 1.54) is 24.6 Å². The number of benzene rings is 1. The van der Waals surface area contributed by atoms with Gasteiger partial charge in [-0.3, -0.25) is 0 Å². The van der Waals surface area contributed by atoms with Gasteiger partial charge in [-0.1, -0.05) is 18.3 Å². The van der Waals surface area contributed by atoms with E-state index in [-0.39, 0.29) is 23.0 Å². The highest BCUT2D eigenvalue weighted by Gasteiger charge is 2.55. The summed E-state index contributed by atoms with van der Waals surface area (Å²) in [6, 6.07) is 3.72. The number of rotatable bonds is 5. The van der Waals surface area contributed by atoms with Crippen LogP contribution in [0.3, 0.4) is 0 Å². The van der Waals surface area contributed by atoms with Crippen molar-refractivity contribution in [2.45, 2.75) is 35.9 Å². The number of carboxylic acid groups (broad SMARTS) is 1. The summed E-state index contributed by atoms with van der Waals surface area (Å²) in [5, 5.41) is 29.7. The number of likely N-dealkylation sites (tertiary alicyclic amines) is 1. The third kappa shape index (κ3) is 2.81. The molecular formula is C16H21BNO5S-. The standard InChI is InChI=1S/C16H21BNO5S/c19-16(20)14-13(24-8-7-18-5-1-2-6-18)4-3-10-11-9-12(11)17(21,22)23-15(10)14/h3-4,11-12,21-22H,1-2,5-9H2,(H,19,20)/q-1/t11-,12-/m0/s1. The molecule has 0 spiro atoms. The lowest BCUT2D eigenvalue weighted by molar-refractivity contribution is 0.0689. The zero-order valence-electron chi connectivity index (χ0n) is 13.4. The Morgan fingerprint density at radius 1 is 1.33 bits per heavy atom. The van der Waals surface area contributed by atoms with Gasteiger partial charge in [-0.05, 0) is 43.5 Å². The predicted molar refractivity (Wildman–Crippen MR) is 91.7 cm³/mol. The molecule has 8 heteroatoms. The van der Waals surface area contributed by atoms with E-state index in [0.29, 0.717) is 11.3 Å². The summed E-state index contributed by atoms with van der Waals surface area (Å²) in [5.74, 6) is -0.420. The number of thioether (sulfide) groups is 1. The fourth-order valence-corrected chi connectivity index (χ4v) is 4.98. The lowest BCUT2D eigenvalue weighted by Gasteiger charge is -2.37. The Kier molecular flexibility index (Phi) is 4.03. The van der Waals surface area contributed by atoms with E-state index in [4.69, 9.17) is 4.65 Å². The third-order valence-electron chi connectivity index (χ3n) is 5.32. The molecule has 0 aromatic heterocycles. The lowest BCUT2D eigenvalue weighted by Crippen LogP contribution is -2.45. The molecule has 3 aliphatic rings. The summed E-state index contributed by atoms with van der Waals surface area (Å²) in [6.45, 7) is 0.202. The number of aromatic carboxylic acids is 1. The summed E-state index contributed by atoms with van der Waals surface area (Å²) >= 11 is 1.49. The molecule has 2 aliphatic heterocycles. The summed E-state index contributed by atoms with van der Waals surface area (Å²) in [7, 11) is 0. The Labute approximate surface area is 144 Å². The Balaban J connectivity index is 1.57. The van der Waals surface area contributed by atoms with Crippen molar-refractivity contribution in [2.24, 2.45) is 0 Å². The molecule has 0 bridgehead atoms. The minimum absolute atomic E-state index is 0.00509. The largest absolute Gasteiger partial charge is 0.669 e. The van der Waals surface area contributed by atoms with Gasteiger partial charge in [0.05, 0.1) is 5.75 Å². The molecule has 1 saturated heterocycles. The number of hydrogen-bond donors (Lipinski definition) is 3. The van der Waals surface area contributed by atoms with Crippen LogP contribution in [-0.4, -0.2) is 58.2 Å². The molecule has 6 nitrogen and oxygen atoms in total. The van der Waals surface area contributed by atoms with Gasteiger partial charge in [-0.15, -0.1) is 11.8 Å². The van der Waals surface area contributed by atoms with Gasteiger partial charge < -0.3 is 24.7 Å². The molecule has 4 rings (SSSR count). The van der Waals surface area contributed by atoms with Gasteiger partial charge in [0, 0.05) is 17.2 Å². The summed E-state index contributed by atoms with van der Waals surface area (Å²) < 4.78 is 5.36. The predicted octanol–water partition coefficient (Wildman–Crippen LogP) is 1.75. The SMILES string of the molecule is O=C(O)c1c(SCCN2CCCC2)ccc2c1O[B-](O)(O)[C@H]1C[C@@H]21. The molecule has 1 aromatic carbocycles. The van der Waals surface area contributed by atoms with E-state index in [1.807, 2.05) is 12.1 Å². The second kappa shape index (κ2) is 5.95. The first-order valence-electron chi connectivity index (χ1n) is 8.51. The Morgan fingerprint density at radius 2 is 2.08 bits per heavy atom. The van der Waals surface area contributed by atoms with Crippen LogP contribution in [0, 0.1) is 0 Å². The molecule has 1 aromatic rings. The second-order valence-electron chi connectivity index (χ2n) is 6.94. The maximum absolute atomic E-state index is 11.8.